The monoisotopic (exact) mass is 395 g/mol. The van der Waals surface area contributed by atoms with Crippen molar-refractivity contribution >= 4 is 11.6 Å². The normalized spacial score (nSPS) is 17.3. The molecule has 0 radical (unpaired) electrons. The Morgan fingerprint density at radius 2 is 2.14 bits per heavy atom. The molecule has 0 spiro atoms. The lowest BCUT2D eigenvalue weighted by atomic mass is 9.97. The fraction of sp³-hybridized carbons (Fsp3) is 0.524. The van der Waals surface area contributed by atoms with Crippen LogP contribution in [0.15, 0.2) is 37.3 Å². The summed E-state index contributed by atoms with van der Waals surface area (Å²) in [4.78, 5) is 26.1. The number of aromatic nitrogens is 5. The summed E-state index contributed by atoms with van der Waals surface area (Å²) in [5.74, 6) is 0.469. The molecule has 0 unspecified atom stereocenters. The van der Waals surface area contributed by atoms with Gasteiger partial charge in [0.1, 0.15) is 5.56 Å². The van der Waals surface area contributed by atoms with Gasteiger partial charge in [-0.25, -0.2) is 14.5 Å². The van der Waals surface area contributed by atoms with Crippen LogP contribution in [-0.4, -0.2) is 66.0 Å². The molecule has 3 aromatic heterocycles. The Labute approximate surface area is 171 Å². The third-order valence-corrected chi connectivity index (χ3v) is 5.78. The lowest BCUT2D eigenvalue weighted by molar-refractivity contribution is 0.0664. The Bertz CT molecular complexity index is 945. The third-order valence-electron chi connectivity index (χ3n) is 5.78. The second kappa shape index (κ2) is 8.73. The Hall–Kier alpha value is -2.74. The molecule has 8 heteroatoms. The number of carbonyl (C=O) groups excluding carboxylic acids is 1. The first-order valence-electron chi connectivity index (χ1n) is 10.5. The van der Waals surface area contributed by atoms with Crippen LogP contribution in [-0.2, 0) is 13.1 Å². The molecule has 0 aromatic carbocycles. The zero-order chi connectivity index (χ0) is 20.2. The maximum atomic E-state index is 13.2. The number of rotatable bonds is 7. The first kappa shape index (κ1) is 19.6. The maximum Gasteiger partial charge on any atom is 0.259 e. The van der Waals surface area contributed by atoms with Crippen LogP contribution in [0.3, 0.4) is 0 Å². The van der Waals surface area contributed by atoms with Gasteiger partial charge in [0.15, 0.2) is 5.65 Å². The van der Waals surface area contributed by atoms with Gasteiger partial charge in [-0.3, -0.25) is 9.69 Å². The molecule has 1 saturated heterocycles. The van der Waals surface area contributed by atoms with Crippen LogP contribution in [0.5, 0.6) is 0 Å². The van der Waals surface area contributed by atoms with E-state index in [1.165, 1.54) is 0 Å². The van der Waals surface area contributed by atoms with Crippen molar-refractivity contribution in [2.45, 2.75) is 39.8 Å². The largest absolute Gasteiger partial charge is 0.338 e. The van der Waals surface area contributed by atoms with E-state index >= 15 is 0 Å². The van der Waals surface area contributed by atoms with Gasteiger partial charge in [0, 0.05) is 56.5 Å². The van der Waals surface area contributed by atoms with E-state index in [-0.39, 0.29) is 5.91 Å². The SMILES string of the molecule is CCN(CC)Cc1cnc2c(C(=O)N3CCC[C@H](Cn4ccnc4)C3)cnn2c1. The maximum absolute atomic E-state index is 13.2. The van der Waals surface area contributed by atoms with Gasteiger partial charge in [-0.1, -0.05) is 13.8 Å². The van der Waals surface area contributed by atoms with Gasteiger partial charge in [-0.2, -0.15) is 5.10 Å². The topological polar surface area (TPSA) is 71.6 Å². The number of hydrogen-bond acceptors (Lipinski definition) is 5. The van der Waals surface area contributed by atoms with Crippen molar-refractivity contribution < 1.29 is 4.79 Å². The molecule has 8 nitrogen and oxygen atoms in total. The van der Waals surface area contributed by atoms with Crippen molar-refractivity contribution in [2.75, 3.05) is 26.2 Å². The Morgan fingerprint density at radius 1 is 1.28 bits per heavy atom. The van der Waals surface area contributed by atoms with Gasteiger partial charge < -0.3 is 9.47 Å². The van der Waals surface area contributed by atoms with E-state index in [4.69, 9.17) is 0 Å². The average molecular weight is 396 g/mol. The average Bonchev–Trinajstić information content (AvgIpc) is 3.41. The van der Waals surface area contributed by atoms with Crippen LogP contribution < -0.4 is 0 Å². The van der Waals surface area contributed by atoms with Crippen molar-refractivity contribution in [1.29, 1.82) is 0 Å². The number of hydrogen-bond donors (Lipinski definition) is 0. The van der Waals surface area contributed by atoms with Crippen molar-refractivity contribution in [3.8, 4) is 0 Å². The highest BCUT2D eigenvalue weighted by molar-refractivity contribution is 5.99. The van der Waals surface area contributed by atoms with Crippen molar-refractivity contribution in [3.63, 3.8) is 0 Å². The molecule has 1 fully saturated rings. The molecule has 0 bridgehead atoms. The van der Waals surface area contributed by atoms with E-state index < -0.39 is 0 Å². The third kappa shape index (κ3) is 4.32. The summed E-state index contributed by atoms with van der Waals surface area (Å²) >= 11 is 0. The van der Waals surface area contributed by atoms with Gasteiger partial charge in [-0.15, -0.1) is 0 Å². The van der Waals surface area contributed by atoms with Crippen molar-refractivity contribution in [1.82, 2.24) is 33.9 Å². The van der Waals surface area contributed by atoms with E-state index in [2.05, 4.69) is 38.4 Å². The number of imidazole rings is 1. The van der Waals surface area contributed by atoms with Crippen molar-refractivity contribution in [3.05, 3.63) is 48.4 Å². The second-order valence-electron chi connectivity index (χ2n) is 7.77. The minimum Gasteiger partial charge on any atom is -0.338 e. The minimum atomic E-state index is 0.0272. The Kier molecular flexibility index (Phi) is 5.89. The highest BCUT2D eigenvalue weighted by Gasteiger charge is 2.27. The molecule has 0 aliphatic carbocycles. The molecule has 4 heterocycles. The minimum absolute atomic E-state index is 0.0272. The molecule has 0 saturated carbocycles. The lowest BCUT2D eigenvalue weighted by Gasteiger charge is -2.32. The summed E-state index contributed by atoms with van der Waals surface area (Å²) < 4.78 is 3.83. The number of nitrogens with zero attached hydrogens (tertiary/aromatic N) is 7. The van der Waals surface area contributed by atoms with Gasteiger partial charge in [0.25, 0.3) is 5.91 Å². The molecular formula is C21H29N7O. The molecule has 1 aliphatic rings. The summed E-state index contributed by atoms with van der Waals surface area (Å²) in [6.45, 7) is 9.56. The smallest absolute Gasteiger partial charge is 0.259 e. The standard InChI is InChI=1S/C21H29N7O/c1-3-25(4-2)13-18-10-23-20-19(11-24-28(20)15-18)21(29)27-8-5-6-17(14-27)12-26-9-7-22-16-26/h7,9-11,15-17H,3-6,8,12-14H2,1-2H3/t17-/m1/s1. The Balaban J connectivity index is 1.47. The van der Waals surface area contributed by atoms with Crippen LogP contribution in [0, 0.1) is 5.92 Å². The zero-order valence-electron chi connectivity index (χ0n) is 17.2. The number of carbonyl (C=O) groups is 1. The Morgan fingerprint density at radius 3 is 2.90 bits per heavy atom. The second-order valence-corrected chi connectivity index (χ2v) is 7.77. The lowest BCUT2D eigenvalue weighted by Crippen LogP contribution is -2.41. The summed E-state index contributed by atoms with van der Waals surface area (Å²) in [7, 11) is 0. The number of amides is 1. The van der Waals surface area contributed by atoms with Gasteiger partial charge in [-0.05, 0) is 31.8 Å². The van der Waals surface area contributed by atoms with Gasteiger partial charge in [0.2, 0.25) is 0 Å². The van der Waals surface area contributed by atoms with Crippen LogP contribution in [0.4, 0.5) is 0 Å². The van der Waals surface area contributed by atoms with Gasteiger partial charge in [0.05, 0.1) is 12.5 Å². The summed E-state index contributed by atoms with van der Waals surface area (Å²) in [6.07, 6.45) is 13.3. The predicted molar refractivity (Wildman–Crippen MR) is 110 cm³/mol. The number of likely N-dealkylation sites (tertiary alicyclic amines) is 1. The predicted octanol–water partition coefficient (Wildman–Crippen LogP) is 2.32. The molecule has 154 valence electrons. The summed E-state index contributed by atoms with van der Waals surface area (Å²) in [5, 5.41) is 4.41. The van der Waals surface area contributed by atoms with Crippen LogP contribution in [0.2, 0.25) is 0 Å². The van der Waals surface area contributed by atoms with Gasteiger partial charge >= 0.3 is 0 Å². The fourth-order valence-corrected chi connectivity index (χ4v) is 4.11. The molecule has 1 amide bonds. The number of fused-ring (bicyclic) bond motifs is 1. The quantitative estimate of drug-likeness (QED) is 0.614. The van der Waals surface area contributed by atoms with E-state index in [1.807, 2.05) is 29.8 Å². The highest BCUT2D eigenvalue weighted by Crippen LogP contribution is 2.21. The van der Waals surface area contributed by atoms with Crippen LogP contribution >= 0.6 is 0 Å². The van der Waals surface area contributed by atoms with E-state index in [0.717, 1.165) is 57.7 Å². The van der Waals surface area contributed by atoms with Crippen molar-refractivity contribution in [2.24, 2.45) is 5.92 Å². The van der Waals surface area contributed by atoms with E-state index in [0.29, 0.717) is 17.1 Å². The number of piperidine rings is 1. The fourth-order valence-electron chi connectivity index (χ4n) is 4.11. The van der Waals surface area contributed by atoms with Crippen LogP contribution in [0.25, 0.3) is 5.65 Å². The van der Waals surface area contributed by atoms with E-state index in [9.17, 15) is 4.79 Å². The highest BCUT2D eigenvalue weighted by atomic mass is 16.2. The zero-order valence-corrected chi connectivity index (χ0v) is 17.2. The molecule has 4 rings (SSSR count). The summed E-state index contributed by atoms with van der Waals surface area (Å²) in [6, 6.07) is 0. The first-order valence-corrected chi connectivity index (χ1v) is 10.5. The van der Waals surface area contributed by atoms with E-state index in [1.54, 1.807) is 16.9 Å². The molecule has 1 atom stereocenters. The summed E-state index contributed by atoms with van der Waals surface area (Å²) in [5.41, 5.74) is 2.32. The molecule has 3 aromatic rings. The van der Waals surface area contributed by atoms with Crippen LogP contribution in [0.1, 0.15) is 42.6 Å². The molecular weight excluding hydrogens is 366 g/mol. The molecule has 29 heavy (non-hydrogen) atoms. The first-order chi connectivity index (χ1) is 14.2. The molecule has 1 aliphatic heterocycles. The molecule has 0 N–H and O–H groups in total.